The van der Waals surface area contributed by atoms with E-state index in [9.17, 15) is 18.0 Å². The van der Waals surface area contributed by atoms with Gasteiger partial charge in [-0.05, 0) is 24.1 Å². The van der Waals surface area contributed by atoms with E-state index in [1.54, 1.807) is 17.6 Å². The van der Waals surface area contributed by atoms with Gasteiger partial charge < -0.3 is 0 Å². The number of fused-ring (bicyclic) bond motifs is 1. The predicted molar refractivity (Wildman–Crippen MR) is 59.5 cm³/mol. The van der Waals surface area contributed by atoms with Crippen molar-refractivity contribution in [2.45, 2.75) is 19.5 Å². The lowest BCUT2D eigenvalue weighted by Crippen LogP contribution is -2.35. The van der Waals surface area contributed by atoms with Crippen molar-refractivity contribution in [3.63, 3.8) is 0 Å². The van der Waals surface area contributed by atoms with Crippen molar-refractivity contribution >= 4 is 16.9 Å². The number of hydrogen-bond acceptors (Lipinski definition) is 2. The van der Waals surface area contributed by atoms with Crippen LogP contribution in [0.5, 0.6) is 0 Å². The Morgan fingerprint density at radius 1 is 1.50 bits per heavy atom. The Labute approximate surface area is 100 Å². The molecule has 0 fully saturated rings. The maximum atomic E-state index is 12.2. The maximum Gasteiger partial charge on any atom is 0.472 e. The van der Waals surface area contributed by atoms with Gasteiger partial charge in [0.25, 0.3) is 0 Å². The molecule has 0 aliphatic heterocycles. The fourth-order valence-electron chi connectivity index (χ4n) is 1.67. The minimum absolute atomic E-state index is 0.298. The molecule has 0 aliphatic carbocycles. The first kappa shape index (κ1) is 12.4. The summed E-state index contributed by atoms with van der Waals surface area (Å²) in [5.41, 5.74) is 2.89. The van der Waals surface area contributed by atoms with Crippen molar-refractivity contribution in [2.75, 3.05) is 5.43 Å². The lowest BCUT2D eigenvalue weighted by atomic mass is 10.2. The quantitative estimate of drug-likeness (QED) is 0.896. The number of nitrogens with zero attached hydrogens (tertiary/aromatic N) is 2. The van der Waals surface area contributed by atoms with E-state index in [0.29, 0.717) is 12.1 Å². The number of aryl methyl sites for hydroxylation is 1. The second-order valence-electron chi connectivity index (χ2n) is 3.69. The zero-order chi connectivity index (χ0) is 13.3. The van der Waals surface area contributed by atoms with E-state index in [1.807, 2.05) is 6.92 Å². The molecule has 1 N–H and O–H groups in total. The van der Waals surface area contributed by atoms with Crippen LogP contribution in [0.4, 0.5) is 13.2 Å². The SMILES string of the molecule is CCc1cn(NC(=O)C(F)(F)F)c2ncccc12. The topological polar surface area (TPSA) is 46.9 Å². The van der Waals surface area contributed by atoms with Gasteiger partial charge in [0.2, 0.25) is 0 Å². The molecule has 96 valence electrons. The molecule has 4 nitrogen and oxygen atoms in total. The van der Waals surface area contributed by atoms with Gasteiger partial charge in [-0.25, -0.2) is 9.66 Å². The van der Waals surface area contributed by atoms with Gasteiger partial charge in [-0.2, -0.15) is 13.2 Å². The van der Waals surface area contributed by atoms with Crippen LogP contribution in [0.3, 0.4) is 0 Å². The largest absolute Gasteiger partial charge is 0.472 e. The fraction of sp³-hybridized carbons (Fsp3) is 0.273. The summed E-state index contributed by atoms with van der Waals surface area (Å²) in [7, 11) is 0. The summed E-state index contributed by atoms with van der Waals surface area (Å²) in [5.74, 6) is -2.02. The monoisotopic (exact) mass is 257 g/mol. The molecule has 0 bridgehead atoms. The van der Waals surface area contributed by atoms with Gasteiger partial charge in [0.1, 0.15) is 0 Å². The molecule has 18 heavy (non-hydrogen) atoms. The average Bonchev–Trinajstić information content (AvgIpc) is 2.67. The molecule has 2 aromatic rings. The third-order valence-electron chi connectivity index (χ3n) is 2.51. The average molecular weight is 257 g/mol. The third kappa shape index (κ3) is 2.15. The van der Waals surface area contributed by atoms with Crippen LogP contribution in [0.1, 0.15) is 12.5 Å². The van der Waals surface area contributed by atoms with E-state index < -0.39 is 12.1 Å². The van der Waals surface area contributed by atoms with Gasteiger partial charge in [0, 0.05) is 17.8 Å². The molecule has 7 heteroatoms. The van der Waals surface area contributed by atoms with Gasteiger partial charge >= 0.3 is 12.1 Å². The Kier molecular flexibility index (Phi) is 2.98. The molecule has 0 aromatic carbocycles. The number of hydrogen-bond donors (Lipinski definition) is 1. The van der Waals surface area contributed by atoms with Crippen molar-refractivity contribution in [2.24, 2.45) is 0 Å². The van der Waals surface area contributed by atoms with E-state index in [1.165, 1.54) is 12.4 Å². The van der Waals surface area contributed by atoms with Crippen LogP contribution in [-0.2, 0) is 11.2 Å². The zero-order valence-electron chi connectivity index (χ0n) is 9.45. The highest BCUT2D eigenvalue weighted by atomic mass is 19.4. The summed E-state index contributed by atoms with van der Waals surface area (Å²) < 4.78 is 37.5. The Hall–Kier alpha value is -2.05. The summed E-state index contributed by atoms with van der Waals surface area (Å²) in [4.78, 5) is 14.9. The molecule has 0 atom stereocenters. The van der Waals surface area contributed by atoms with Gasteiger partial charge in [0.05, 0.1) is 0 Å². The molecule has 2 aromatic heterocycles. The molecule has 2 rings (SSSR count). The Balaban J connectivity index is 2.43. The van der Waals surface area contributed by atoms with E-state index in [-0.39, 0.29) is 0 Å². The molecule has 0 radical (unpaired) electrons. The first-order valence-electron chi connectivity index (χ1n) is 5.26. The highest BCUT2D eigenvalue weighted by molar-refractivity contribution is 5.91. The van der Waals surface area contributed by atoms with E-state index in [2.05, 4.69) is 4.98 Å². The van der Waals surface area contributed by atoms with Gasteiger partial charge in [0.15, 0.2) is 5.65 Å². The number of pyridine rings is 1. The molecule has 0 spiro atoms. The number of halogens is 3. The van der Waals surface area contributed by atoms with Crippen molar-refractivity contribution in [1.29, 1.82) is 0 Å². The minimum Gasteiger partial charge on any atom is -0.263 e. The predicted octanol–water partition coefficient (Wildman–Crippen LogP) is 2.23. The normalized spacial score (nSPS) is 11.8. The van der Waals surface area contributed by atoms with Gasteiger partial charge in [-0.15, -0.1) is 0 Å². The molecule has 1 amide bonds. The summed E-state index contributed by atoms with van der Waals surface area (Å²) in [6.45, 7) is 1.87. The second kappa shape index (κ2) is 4.32. The molecule has 2 heterocycles. The minimum atomic E-state index is -4.92. The van der Waals surface area contributed by atoms with Crippen molar-refractivity contribution < 1.29 is 18.0 Å². The number of amides is 1. The van der Waals surface area contributed by atoms with Crippen LogP contribution in [0.15, 0.2) is 24.5 Å². The van der Waals surface area contributed by atoms with Crippen LogP contribution in [0.2, 0.25) is 0 Å². The van der Waals surface area contributed by atoms with Gasteiger partial charge in [-0.3, -0.25) is 10.2 Å². The van der Waals surface area contributed by atoms with E-state index in [4.69, 9.17) is 0 Å². The van der Waals surface area contributed by atoms with Crippen molar-refractivity contribution in [3.05, 3.63) is 30.1 Å². The lowest BCUT2D eigenvalue weighted by Gasteiger charge is -2.09. The summed E-state index contributed by atoms with van der Waals surface area (Å²) in [6, 6.07) is 3.44. The summed E-state index contributed by atoms with van der Waals surface area (Å²) >= 11 is 0. The van der Waals surface area contributed by atoms with Crippen LogP contribution >= 0.6 is 0 Å². The molecule has 0 aliphatic rings. The second-order valence-corrected chi connectivity index (χ2v) is 3.69. The van der Waals surface area contributed by atoms with Gasteiger partial charge in [-0.1, -0.05) is 6.92 Å². The first-order valence-corrected chi connectivity index (χ1v) is 5.26. The standard InChI is InChI=1S/C11H10F3N3O/c1-2-7-6-17(16-10(18)11(12,13)14)9-8(7)4-3-5-15-9/h3-6H,2H2,1H3,(H,16,18). The number of nitrogens with one attached hydrogen (secondary N) is 1. The molecular formula is C11H10F3N3O. The van der Waals surface area contributed by atoms with Crippen LogP contribution in [0, 0.1) is 0 Å². The fourth-order valence-corrected chi connectivity index (χ4v) is 1.67. The first-order chi connectivity index (χ1) is 8.43. The van der Waals surface area contributed by atoms with Crippen molar-refractivity contribution in [3.8, 4) is 0 Å². The Morgan fingerprint density at radius 3 is 2.83 bits per heavy atom. The Bertz CT molecular complexity index is 589. The van der Waals surface area contributed by atoms with Crippen molar-refractivity contribution in [1.82, 2.24) is 9.66 Å². The highest BCUT2D eigenvalue weighted by Crippen LogP contribution is 2.20. The number of carbonyl (C=O) groups excluding carboxylic acids is 1. The van der Waals surface area contributed by atoms with Crippen LogP contribution in [-0.4, -0.2) is 21.7 Å². The summed E-state index contributed by atoms with van der Waals surface area (Å²) in [5, 5.41) is 0.725. The molecular weight excluding hydrogens is 247 g/mol. The molecule has 0 saturated carbocycles. The zero-order valence-corrected chi connectivity index (χ0v) is 9.45. The summed E-state index contributed by atoms with van der Waals surface area (Å²) in [6.07, 6.45) is -1.38. The number of alkyl halides is 3. The molecule has 0 saturated heterocycles. The lowest BCUT2D eigenvalue weighted by molar-refractivity contribution is -0.168. The van der Waals surface area contributed by atoms with Crippen LogP contribution in [0.25, 0.3) is 11.0 Å². The highest BCUT2D eigenvalue weighted by Gasteiger charge is 2.39. The third-order valence-corrected chi connectivity index (χ3v) is 2.51. The number of aromatic nitrogens is 2. The smallest absolute Gasteiger partial charge is 0.263 e. The van der Waals surface area contributed by atoms with Crippen LogP contribution < -0.4 is 5.43 Å². The van der Waals surface area contributed by atoms with E-state index in [0.717, 1.165) is 15.6 Å². The maximum absolute atomic E-state index is 12.2. The molecule has 0 unspecified atom stereocenters. The van der Waals surface area contributed by atoms with E-state index >= 15 is 0 Å². The number of rotatable bonds is 2. The Morgan fingerprint density at radius 2 is 2.22 bits per heavy atom. The number of carbonyl (C=O) groups is 1.